The maximum Gasteiger partial charge on any atom is 0.117 e. The van der Waals surface area contributed by atoms with Crippen molar-refractivity contribution in [2.75, 3.05) is 19.6 Å². The van der Waals surface area contributed by atoms with E-state index in [0.29, 0.717) is 6.04 Å². The van der Waals surface area contributed by atoms with E-state index in [4.69, 9.17) is 0 Å². The normalized spacial score (nSPS) is 17.8. The van der Waals surface area contributed by atoms with Crippen LogP contribution in [0.1, 0.15) is 13.0 Å². The highest BCUT2D eigenvalue weighted by molar-refractivity contribution is 5.76. The lowest BCUT2D eigenvalue weighted by atomic mass is 10.1. The van der Waals surface area contributed by atoms with Crippen molar-refractivity contribution in [3.05, 3.63) is 18.2 Å². The molecule has 5 nitrogen and oxygen atoms in total. The number of likely N-dealkylation sites (tertiary alicyclic amines) is 1. The number of fused-ring (bicyclic) bond motifs is 1. The average molecular weight is 218 g/mol. The predicted octanol–water partition coefficient (Wildman–Crippen LogP) is 1.01. The topological polar surface area (TPSA) is 54.2 Å². The van der Waals surface area contributed by atoms with Gasteiger partial charge in [0, 0.05) is 19.2 Å². The molecule has 0 amide bonds. The molecule has 16 heavy (non-hydrogen) atoms. The minimum atomic E-state index is 0.239. The van der Waals surface area contributed by atoms with Crippen LogP contribution in [0.2, 0.25) is 0 Å². The van der Waals surface area contributed by atoms with Gasteiger partial charge >= 0.3 is 0 Å². The van der Waals surface area contributed by atoms with Crippen molar-refractivity contribution in [2.24, 2.45) is 0 Å². The molecule has 1 N–H and O–H groups in total. The number of hydrogen-bond donors (Lipinski definition) is 1. The fourth-order valence-corrected chi connectivity index (χ4v) is 2.16. The van der Waals surface area contributed by atoms with Crippen molar-refractivity contribution >= 4 is 11.0 Å². The number of likely N-dealkylation sites (N-methyl/N-ethyl adjacent to an activating group) is 1. The highest BCUT2D eigenvalue weighted by Gasteiger charge is 2.28. The molecule has 1 aromatic carbocycles. The van der Waals surface area contributed by atoms with Gasteiger partial charge in [-0.2, -0.15) is 0 Å². The maximum absolute atomic E-state index is 9.34. The average Bonchev–Trinajstić information content (AvgIpc) is 2.60. The van der Waals surface area contributed by atoms with Crippen molar-refractivity contribution in [2.45, 2.75) is 13.0 Å². The Hall–Kier alpha value is -1.62. The Morgan fingerprint density at radius 2 is 2.25 bits per heavy atom. The standard InChI is InChI=1S/C11H14N4O/c1-2-14-6-8(7-14)15-11-4-3-9(16)5-10(11)12-13-15/h3-5,8,16H,2,6-7H2,1H3. The lowest BCUT2D eigenvalue weighted by Gasteiger charge is -2.38. The Bertz CT molecular complexity index is 516. The molecule has 1 fully saturated rings. The van der Waals surface area contributed by atoms with Crippen LogP contribution in [0, 0.1) is 0 Å². The Kier molecular flexibility index (Phi) is 2.07. The highest BCUT2D eigenvalue weighted by Crippen LogP contribution is 2.25. The maximum atomic E-state index is 9.34. The molecule has 1 aliphatic heterocycles. The van der Waals surface area contributed by atoms with E-state index >= 15 is 0 Å². The highest BCUT2D eigenvalue weighted by atomic mass is 16.3. The number of aromatic nitrogens is 3. The van der Waals surface area contributed by atoms with Crippen LogP contribution in [-0.2, 0) is 0 Å². The summed E-state index contributed by atoms with van der Waals surface area (Å²) >= 11 is 0. The van der Waals surface area contributed by atoms with Gasteiger partial charge in [0.1, 0.15) is 11.3 Å². The largest absolute Gasteiger partial charge is 0.508 e. The molecule has 0 radical (unpaired) electrons. The van der Waals surface area contributed by atoms with Crippen LogP contribution in [0.3, 0.4) is 0 Å². The summed E-state index contributed by atoms with van der Waals surface area (Å²) in [5.41, 5.74) is 1.76. The van der Waals surface area contributed by atoms with Gasteiger partial charge in [-0.25, -0.2) is 4.68 Å². The molecule has 2 aromatic rings. The van der Waals surface area contributed by atoms with Gasteiger partial charge in [0.15, 0.2) is 0 Å². The summed E-state index contributed by atoms with van der Waals surface area (Å²) in [6, 6.07) is 5.63. The van der Waals surface area contributed by atoms with Crippen molar-refractivity contribution in [1.29, 1.82) is 0 Å². The second-order valence-electron chi connectivity index (χ2n) is 4.21. The number of aromatic hydroxyl groups is 1. The van der Waals surface area contributed by atoms with E-state index in [1.54, 1.807) is 12.1 Å². The van der Waals surface area contributed by atoms with E-state index in [0.717, 1.165) is 30.7 Å². The van der Waals surface area contributed by atoms with Gasteiger partial charge in [-0.3, -0.25) is 4.90 Å². The summed E-state index contributed by atoms with van der Waals surface area (Å²) in [5, 5.41) is 17.6. The number of hydrogen-bond acceptors (Lipinski definition) is 4. The zero-order valence-electron chi connectivity index (χ0n) is 9.17. The molecule has 1 aromatic heterocycles. The minimum absolute atomic E-state index is 0.239. The van der Waals surface area contributed by atoms with Crippen LogP contribution in [0.15, 0.2) is 18.2 Å². The summed E-state index contributed by atoms with van der Waals surface area (Å²) in [4.78, 5) is 2.36. The Morgan fingerprint density at radius 1 is 1.44 bits per heavy atom. The number of rotatable bonds is 2. The van der Waals surface area contributed by atoms with Crippen molar-refractivity contribution in [3.63, 3.8) is 0 Å². The summed E-state index contributed by atoms with van der Waals surface area (Å²) in [7, 11) is 0. The van der Waals surface area contributed by atoms with Crippen LogP contribution < -0.4 is 0 Å². The molecule has 1 aliphatic rings. The smallest absolute Gasteiger partial charge is 0.117 e. The molecule has 84 valence electrons. The molecule has 0 spiro atoms. The first-order valence-corrected chi connectivity index (χ1v) is 5.54. The molecule has 0 bridgehead atoms. The van der Waals surface area contributed by atoms with E-state index in [-0.39, 0.29) is 5.75 Å². The first-order chi connectivity index (χ1) is 7.78. The summed E-state index contributed by atoms with van der Waals surface area (Å²) in [6.07, 6.45) is 0. The summed E-state index contributed by atoms with van der Waals surface area (Å²) in [5.74, 6) is 0.239. The van der Waals surface area contributed by atoms with Gasteiger partial charge in [0.2, 0.25) is 0 Å². The van der Waals surface area contributed by atoms with Crippen LogP contribution in [0.5, 0.6) is 5.75 Å². The number of benzene rings is 1. The molecule has 3 rings (SSSR count). The Balaban J connectivity index is 1.94. The summed E-state index contributed by atoms with van der Waals surface area (Å²) < 4.78 is 1.96. The Morgan fingerprint density at radius 3 is 3.00 bits per heavy atom. The van der Waals surface area contributed by atoms with Crippen molar-refractivity contribution in [1.82, 2.24) is 19.9 Å². The molecular weight excluding hydrogens is 204 g/mol. The number of phenols is 1. The molecule has 2 heterocycles. The fraction of sp³-hybridized carbons (Fsp3) is 0.455. The second-order valence-corrected chi connectivity index (χ2v) is 4.21. The van der Waals surface area contributed by atoms with Gasteiger partial charge < -0.3 is 5.11 Å². The Labute approximate surface area is 93.3 Å². The monoisotopic (exact) mass is 218 g/mol. The molecule has 5 heteroatoms. The fourth-order valence-electron chi connectivity index (χ4n) is 2.16. The first kappa shape index (κ1) is 9.59. The zero-order chi connectivity index (χ0) is 11.1. The van der Waals surface area contributed by atoms with E-state index in [1.165, 1.54) is 0 Å². The molecule has 1 saturated heterocycles. The van der Waals surface area contributed by atoms with E-state index in [2.05, 4.69) is 22.1 Å². The SMILES string of the molecule is CCN1CC(n2nnc3cc(O)ccc32)C1. The molecule has 0 aliphatic carbocycles. The van der Waals surface area contributed by atoms with Crippen molar-refractivity contribution in [3.8, 4) is 5.75 Å². The molecule has 0 unspecified atom stereocenters. The van der Waals surface area contributed by atoms with E-state index < -0.39 is 0 Å². The third-order valence-electron chi connectivity index (χ3n) is 3.19. The van der Waals surface area contributed by atoms with Gasteiger partial charge in [-0.15, -0.1) is 5.10 Å². The van der Waals surface area contributed by atoms with E-state index in [9.17, 15) is 5.11 Å². The molecule has 0 atom stereocenters. The van der Waals surface area contributed by atoms with Crippen molar-refractivity contribution < 1.29 is 5.11 Å². The quantitative estimate of drug-likeness (QED) is 0.817. The van der Waals surface area contributed by atoms with Crippen LogP contribution in [0.4, 0.5) is 0 Å². The minimum Gasteiger partial charge on any atom is -0.508 e. The lowest BCUT2D eigenvalue weighted by Crippen LogP contribution is -2.47. The van der Waals surface area contributed by atoms with Crippen LogP contribution >= 0.6 is 0 Å². The third kappa shape index (κ3) is 1.36. The number of nitrogens with zero attached hydrogens (tertiary/aromatic N) is 4. The van der Waals surface area contributed by atoms with Gasteiger partial charge in [-0.05, 0) is 18.7 Å². The van der Waals surface area contributed by atoms with Gasteiger partial charge in [0.25, 0.3) is 0 Å². The third-order valence-corrected chi connectivity index (χ3v) is 3.19. The van der Waals surface area contributed by atoms with Gasteiger partial charge in [-0.1, -0.05) is 12.1 Å². The van der Waals surface area contributed by atoms with Gasteiger partial charge in [0.05, 0.1) is 11.6 Å². The van der Waals surface area contributed by atoms with Crippen LogP contribution in [-0.4, -0.2) is 44.6 Å². The molecular formula is C11H14N4O. The lowest BCUT2D eigenvalue weighted by molar-refractivity contribution is 0.107. The van der Waals surface area contributed by atoms with Crippen LogP contribution in [0.25, 0.3) is 11.0 Å². The molecule has 0 saturated carbocycles. The number of phenolic OH excluding ortho intramolecular Hbond substituents is 1. The second kappa shape index (κ2) is 3.45. The van der Waals surface area contributed by atoms with E-state index in [1.807, 2.05) is 10.7 Å². The predicted molar refractivity (Wildman–Crippen MR) is 60.3 cm³/mol. The zero-order valence-corrected chi connectivity index (χ0v) is 9.17. The summed E-state index contributed by atoms with van der Waals surface area (Å²) in [6.45, 7) is 5.32. The first-order valence-electron chi connectivity index (χ1n) is 5.54.